The fourth-order valence-electron chi connectivity index (χ4n) is 3.97. The zero-order chi connectivity index (χ0) is 24.5. The van der Waals surface area contributed by atoms with Gasteiger partial charge in [0.05, 0.1) is 17.9 Å². The maximum atomic E-state index is 12.3. The Morgan fingerprint density at radius 2 is 1.94 bits per heavy atom. The van der Waals surface area contributed by atoms with Crippen molar-refractivity contribution in [1.29, 1.82) is 0 Å². The molecule has 0 saturated heterocycles. The molecule has 1 atom stereocenters. The standard InChI is InChI=1S/C22H23F3N4O4S/c1-13(9-22(23,24)25)28-21(30)33-12-14-6-16(7-14)17-10-26-20(27-11-17)29-18-2-3-19-15(8-18)4-5-34(19,31)32/h2-5,8,10-11,13-14,16H,6-7,9,12H2,1H3,(H,28,30)(H,26,27,29)/t13-,14?,16?/m0/s1. The number of benzene rings is 1. The van der Waals surface area contributed by atoms with Gasteiger partial charge in [0.15, 0.2) is 9.84 Å². The van der Waals surface area contributed by atoms with Gasteiger partial charge < -0.3 is 15.4 Å². The number of nitrogens with zero attached hydrogens (tertiary/aromatic N) is 2. The van der Waals surface area contributed by atoms with Gasteiger partial charge >= 0.3 is 12.3 Å². The zero-order valence-corrected chi connectivity index (χ0v) is 19.0. The zero-order valence-electron chi connectivity index (χ0n) is 18.2. The van der Waals surface area contributed by atoms with E-state index >= 15 is 0 Å². The van der Waals surface area contributed by atoms with Crippen LogP contribution >= 0.6 is 0 Å². The van der Waals surface area contributed by atoms with E-state index in [1.54, 1.807) is 30.6 Å². The fraction of sp³-hybridized carbons (Fsp3) is 0.409. The Hall–Kier alpha value is -3.15. The predicted molar refractivity (Wildman–Crippen MR) is 118 cm³/mol. The van der Waals surface area contributed by atoms with Gasteiger partial charge in [-0.15, -0.1) is 0 Å². The molecule has 1 aromatic heterocycles. The second-order valence-electron chi connectivity index (χ2n) is 8.56. The molecule has 2 aliphatic rings. The lowest BCUT2D eigenvalue weighted by atomic mass is 9.72. The third kappa shape index (κ3) is 5.85. The van der Waals surface area contributed by atoms with Crippen molar-refractivity contribution in [1.82, 2.24) is 15.3 Å². The van der Waals surface area contributed by atoms with E-state index < -0.39 is 34.6 Å². The molecule has 0 spiro atoms. The Morgan fingerprint density at radius 3 is 2.62 bits per heavy atom. The molecule has 12 heteroatoms. The van der Waals surface area contributed by atoms with E-state index in [2.05, 4.69) is 20.6 Å². The van der Waals surface area contributed by atoms with Gasteiger partial charge in [-0.3, -0.25) is 0 Å². The highest BCUT2D eigenvalue weighted by Crippen LogP contribution is 2.41. The molecule has 1 saturated carbocycles. The number of rotatable bonds is 7. The van der Waals surface area contributed by atoms with Crippen LogP contribution in [0.3, 0.4) is 0 Å². The third-order valence-corrected chi connectivity index (χ3v) is 7.21. The number of fused-ring (bicyclic) bond motifs is 1. The van der Waals surface area contributed by atoms with Gasteiger partial charge in [-0.05, 0) is 67.0 Å². The summed E-state index contributed by atoms with van der Waals surface area (Å²) >= 11 is 0. The molecule has 34 heavy (non-hydrogen) atoms. The molecule has 0 bridgehead atoms. The number of alkyl carbamates (subject to hydrolysis) is 1. The number of anilines is 2. The third-order valence-electron chi connectivity index (χ3n) is 5.73. The minimum absolute atomic E-state index is 0.127. The van der Waals surface area contributed by atoms with Crippen LogP contribution in [0.25, 0.3) is 6.08 Å². The summed E-state index contributed by atoms with van der Waals surface area (Å²) < 4.78 is 65.7. The molecule has 182 valence electrons. The van der Waals surface area contributed by atoms with Crippen molar-refractivity contribution in [2.45, 2.75) is 49.2 Å². The first-order chi connectivity index (χ1) is 16.0. The van der Waals surface area contributed by atoms with Crippen LogP contribution in [0.4, 0.5) is 29.6 Å². The van der Waals surface area contributed by atoms with Gasteiger partial charge in [-0.1, -0.05) is 0 Å². The smallest absolute Gasteiger partial charge is 0.407 e. The normalized spacial score (nSPS) is 21.3. The van der Waals surface area contributed by atoms with Crippen LogP contribution in [0.1, 0.15) is 43.2 Å². The number of carbonyl (C=O) groups is 1. The van der Waals surface area contributed by atoms with E-state index in [-0.39, 0.29) is 23.3 Å². The van der Waals surface area contributed by atoms with Gasteiger partial charge in [0.1, 0.15) is 0 Å². The number of sulfone groups is 1. The highest BCUT2D eigenvalue weighted by molar-refractivity contribution is 7.94. The van der Waals surface area contributed by atoms with Gasteiger partial charge in [0, 0.05) is 29.5 Å². The molecule has 4 rings (SSSR count). The number of ether oxygens (including phenoxy) is 1. The van der Waals surface area contributed by atoms with Crippen molar-refractivity contribution >= 4 is 33.6 Å². The Bertz CT molecular complexity index is 1190. The van der Waals surface area contributed by atoms with Gasteiger partial charge in [0.25, 0.3) is 0 Å². The molecule has 2 N–H and O–H groups in total. The van der Waals surface area contributed by atoms with E-state index in [4.69, 9.17) is 4.74 Å². The summed E-state index contributed by atoms with van der Waals surface area (Å²) in [7, 11) is -3.34. The van der Waals surface area contributed by atoms with Gasteiger partial charge in [-0.2, -0.15) is 13.2 Å². The van der Waals surface area contributed by atoms with E-state index in [9.17, 15) is 26.4 Å². The summed E-state index contributed by atoms with van der Waals surface area (Å²) in [6.07, 6.45) is 0.176. The summed E-state index contributed by atoms with van der Waals surface area (Å²) in [5.41, 5.74) is 2.21. The first-order valence-electron chi connectivity index (χ1n) is 10.6. The van der Waals surface area contributed by atoms with Crippen LogP contribution in [0.5, 0.6) is 0 Å². The second-order valence-corrected chi connectivity index (χ2v) is 10.4. The molecule has 1 aromatic carbocycles. The summed E-state index contributed by atoms with van der Waals surface area (Å²) in [5, 5.41) is 6.40. The van der Waals surface area contributed by atoms with Crippen LogP contribution < -0.4 is 10.6 Å². The molecular formula is C22H23F3N4O4S. The predicted octanol–water partition coefficient (Wildman–Crippen LogP) is 4.54. The molecule has 0 radical (unpaired) electrons. The number of amides is 1. The molecule has 1 aliphatic carbocycles. The maximum Gasteiger partial charge on any atom is 0.407 e. The minimum Gasteiger partial charge on any atom is -0.449 e. The van der Waals surface area contributed by atoms with Crippen molar-refractivity contribution < 1.29 is 31.1 Å². The molecule has 0 unspecified atom stereocenters. The van der Waals surface area contributed by atoms with Crippen LogP contribution in [0, 0.1) is 5.92 Å². The van der Waals surface area contributed by atoms with E-state index in [1.165, 1.54) is 18.4 Å². The van der Waals surface area contributed by atoms with Crippen molar-refractivity contribution in [3.63, 3.8) is 0 Å². The maximum absolute atomic E-state index is 12.3. The van der Waals surface area contributed by atoms with Crippen LogP contribution in [0.15, 0.2) is 40.9 Å². The summed E-state index contributed by atoms with van der Waals surface area (Å²) in [5.74, 6) is 0.713. The Labute approximate surface area is 194 Å². The van der Waals surface area contributed by atoms with Gasteiger partial charge in [0.2, 0.25) is 5.95 Å². The number of nitrogens with one attached hydrogen (secondary N) is 2. The van der Waals surface area contributed by atoms with E-state index in [0.29, 0.717) is 17.2 Å². The molecule has 1 amide bonds. The number of alkyl halides is 3. The average molecular weight is 497 g/mol. The van der Waals surface area contributed by atoms with E-state index in [0.717, 1.165) is 18.4 Å². The van der Waals surface area contributed by atoms with Crippen molar-refractivity contribution in [2.75, 3.05) is 11.9 Å². The summed E-state index contributed by atoms with van der Waals surface area (Å²) in [4.78, 5) is 20.6. The lowest BCUT2D eigenvalue weighted by Crippen LogP contribution is -2.38. The molecule has 8 nitrogen and oxygen atoms in total. The SMILES string of the molecule is C[C@@H](CC(F)(F)F)NC(=O)OCC1CC(c2cnc(Nc3ccc4c(c3)C=CS4(=O)=O)nc2)C1. The van der Waals surface area contributed by atoms with Crippen LogP contribution in [-0.2, 0) is 14.6 Å². The number of carbonyl (C=O) groups excluding carboxylic acids is 1. The molecular weight excluding hydrogens is 473 g/mol. The molecule has 2 heterocycles. The van der Waals surface area contributed by atoms with Crippen molar-refractivity contribution in [2.24, 2.45) is 5.92 Å². The van der Waals surface area contributed by atoms with E-state index in [1.807, 2.05) is 0 Å². The monoisotopic (exact) mass is 496 g/mol. The van der Waals surface area contributed by atoms with Crippen LogP contribution in [0.2, 0.25) is 0 Å². The second kappa shape index (κ2) is 9.24. The number of aromatic nitrogens is 2. The highest BCUT2D eigenvalue weighted by atomic mass is 32.2. The lowest BCUT2D eigenvalue weighted by molar-refractivity contribution is -0.138. The average Bonchev–Trinajstić information content (AvgIpc) is 3.00. The largest absolute Gasteiger partial charge is 0.449 e. The highest BCUT2D eigenvalue weighted by Gasteiger charge is 2.33. The molecule has 1 aliphatic heterocycles. The minimum atomic E-state index is -4.34. The first kappa shape index (κ1) is 24.0. The Balaban J connectivity index is 1.22. The number of halogens is 3. The Kier molecular flexibility index (Phi) is 6.52. The van der Waals surface area contributed by atoms with Crippen LogP contribution in [-0.4, -0.2) is 43.3 Å². The topological polar surface area (TPSA) is 110 Å². The Morgan fingerprint density at radius 1 is 1.24 bits per heavy atom. The summed E-state index contributed by atoms with van der Waals surface area (Å²) in [6.45, 7) is 1.42. The summed E-state index contributed by atoms with van der Waals surface area (Å²) in [6, 6.07) is 3.85. The molecule has 1 fully saturated rings. The van der Waals surface area contributed by atoms with Crippen molar-refractivity contribution in [3.8, 4) is 0 Å². The van der Waals surface area contributed by atoms with Gasteiger partial charge in [-0.25, -0.2) is 23.2 Å². The fourth-order valence-corrected chi connectivity index (χ4v) is 5.16. The lowest BCUT2D eigenvalue weighted by Gasteiger charge is -2.34. The number of hydrogen-bond donors (Lipinski definition) is 2. The quantitative estimate of drug-likeness (QED) is 0.579. The molecule has 2 aromatic rings. The number of hydrogen-bond acceptors (Lipinski definition) is 7. The van der Waals surface area contributed by atoms with Crippen molar-refractivity contribution in [3.05, 3.63) is 47.1 Å². The first-order valence-corrected chi connectivity index (χ1v) is 12.2.